The van der Waals surface area contributed by atoms with Gasteiger partial charge in [0.25, 0.3) is 0 Å². The summed E-state index contributed by atoms with van der Waals surface area (Å²) in [5, 5.41) is 8.32. The maximum Gasteiger partial charge on any atom is 0.230 e. The number of piperidine rings is 1. The molecule has 0 aliphatic carbocycles. The van der Waals surface area contributed by atoms with E-state index >= 15 is 0 Å². The number of hydrogen-bond donors (Lipinski definition) is 0. The quantitative estimate of drug-likeness (QED) is 0.784. The van der Waals surface area contributed by atoms with Crippen LogP contribution in [-0.4, -0.2) is 70.4 Å². The van der Waals surface area contributed by atoms with E-state index in [1.165, 1.54) is 0 Å². The van der Waals surface area contributed by atoms with Gasteiger partial charge in [-0.25, -0.2) is 0 Å². The van der Waals surface area contributed by atoms with Crippen LogP contribution in [0.4, 0.5) is 0 Å². The molecule has 2 fully saturated rings. The lowest BCUT2D eigenvalue weighted by Crippen LogP contribution is -2.50. The molecule has 0 saturated carbocycles. The number of amides is 1. The summed E-state index contributed by atoms with van der Waals surface area (Å²) in [5.74, 6) is 1.31. The van der Waals surface area contributed by atoms with E-state index in [0.29, 0.717) is 25.1 Å². The van der Waals surface area contributed by atoms with Gasteiger partial charge in [-0.3, -0.25) is 9.69 Å². The molecule has 1 aromatic heterocycles. The van der Waals surface area contributed by atoms with E-state index in [2.05, 4.69) is 33.5 Å². The van der Waals surface area contributed by atoms with Gasteiger partial charge >= 0.3 is 0 Å². The Kier molecular flexibility index (Phi) is 5.20. The lowest BCUT2D eigenvalue weighted by molar-refractivity contribution is -0.146. The number of carbonyl (C=O) groups excluding carboxylic acids is 1. The number of nitrogens with zero attached hydrogens (tertiary/aromatic N) is 5. The van der Waals surface area contributed by atoms with E-state index in [-0.39, 0.29) is 5.41 Å². The topological polar surface area (TPSA) is 63.5 Å². The van der Waals surface area contributed by atoms with Crippen LogP contribution < -0.4 is 0 Å². The van der Waals surface area contributed by atoms with Gasteiger partial charge in [0.2, 0.25) is 5.91 Å². The molecule has 3 heterocycles. The fourth-order valence-corrected chi connectivity index (χ4v) is 4.05. The van der Waals surface area contributed by atoms with Crippen molar-refractivity contribution in [2.24, 2.45) is 5.41 Å². The van der Waals surface area contributed by atoms with Crippen molar-refractivity contribution in [3.63, 3.8) is 0 Å². The van der Waals surface area contributed by atoms with Crippen molar-refractivity contribution in [2.75, 3.05) is 39.9 Å². The Morgan fingerprint density at radius 1 is 1.33 bits per heavy atom. The summed E-state index contributed by atoms with van der Waals surface area (Å²) in [6.07, 6.45) is 4.84. The standard InChI is InChI=1S/C17H29N5O2/c1-14(2)22-13-18-19-15(22)11-20-8-6-17(12-20)5-4-7-21(16(17)23)9-10-24-3/h13-14H,4-12H2,1-3H3/t17-/m0/s1. The number of rotatable bonds is 6. The number of aromatic nitrogens is 3. The molecule has 1 amide bonds. The van der Waals surface area contributed by atoms with Crippen molar-refractivity contribution < 1.29 is 9.53 Å². The summed E-state index contributed by atoms with van der Waals surface area (Å²) in [6.45, 7) is 9.01. The lowest BCUT2D eigenvalue weighted by atomic mass is 9.78. The Labute approximate surface area is 144 Å². The van der Waals surface area contributed by atoms with E-state index in [0.717, 1.165) is 51.3 Å². The Balaban J connectivity index is 1.65. The Morgan fingerprint density at radius 2 is 2.17 bits per heavy atom. The third kappa shape index (κ3) is 3.32. The predicted octanol–water partition coefficient (Wildman–Crippen LogP) is 1.32. The average Bonchev–Trinajstić information content (AvgIpc) is 3.17. The fraction of sp³-hybridized carbons (Fsp3) is 0.824. The van der Waals surface area contributed by atoms with Crippen LogP contribution in [0, 0.1) is 5.41 Å². The van der Waals surface area contributed by atoms with Crippen molar-refractivity contribution >= 4 is 5.91 Å². The molecule has 134 valence electrons. The van der Waals surface area contributed by atoms with Crippen LogP contribution >= 0.6 is 0 Å². The van der Waals surface area contributed by atoms with Crippen LogP contribution in [0.25, 0.3) is 0 Å². The molecule has 3 rings (SSSR count). The molecule has 1 aromatic rings. The van der Waals surface area contributed by atoms with E-state index in [1.807, 2.05) is 4.90 Å². The second-order valence-electron chi connectivity index (χ2n) is 7.38. The van der Waals surface area contributed by atoms with Crippen LogP contribution in [0.3, 0.4) is 0 Å². The summed E-state index contributed by atoms with van der Waals surface area (Å²) in [4.78, 5) is 17.3. The maximum absolute atomic E-state index is 13.0. The van der Waals surface area contributed by atoms with Crippen molar-refractivity contribution in [1.29, 1.82) is 0 Å². The number of carbonyl (C=O) groups is 1. The van der Waals surface area contributed by atoms with Gasteiger partial charge in [0, 0.05) is 32.8 Å². The van der Waals surface area contributed by atoms with Gasteiger partial charge < -0.3 is 14.2 Å². The summed E-state index contributed by atoms with van der Waals surface area (Å²) >= 11 is 0. The van der Waals surface area contributed by atoms with E-state index in [1.54, 1.807) is 13.4 Å². The van der Waals surface area contributed by atoms with Crippen LogP contribution in [0.5, 0.6) is 0 Å². The molecule has 2 saturated heterocycles. The third-order valence-electron chi connectivity index (χ3n) is 5.39. The Morgan fingerprint density at radius 3 is 2.92 bits per heavy atom. The molecule has 24 heavy (non-hydrogen) atoms. The van der Waals surface area contributed by atoms with Gasteiger partial charge in [0.05, 0.1) is 18.6 Å². The molecule has 0 N–H and O–H groups in total. The van der Waals surface area contributed by atoms with E-state index < -0.39 is 0 Å². The zero-order chi connectivity index (χ0) is 17.2. The first-order chi connectivity index (χ1) is 11.6. The zero-order valence-electron chi connectivity index (χ0n) is 15.1. The number of hydrogen-bond acceptors (Lipinski definition) is 5. The van der Waals surface area contributed by atoms with Gasteiger partial charge in [0.1, 0.15) is 12.2 Å². The average molecular weight is 335 g/mol. The molecule has 0 radical (unpaired) electrons. The Bertz CT molecular complexity index is 573. The van der Waals surface area contributed by atoms with Gasteiger partial charge in [0.15, 0.2) is 0 Å². The molecule has 7 heteroatoms. The second-order valence-corrected chi connectivity index (χ2v) is 7.38. The smallest absolute Gasteiger partial charge is 0.230 e. The zero-order valence-corrected chi connectivity index (χ0v) is 15.1. The maximum atomic E-state index is 13.0. The minimum absolute atomic E-state index is 0.200. The summed E-state index contributed by atoms with van der Waals surface area (Å²) in [5.41, 5.74) is -0.200. The highest BCUT2D eigenvalue weighted by molar-refractivity contribution is 5.84. The van der Waals surface area contributed by atoms with Crippen molar-refractivity contribution in [1.82, 2.24) is 24.6 Å². The first-order valence-electron chi connectivity index (χ1n) is 8.95. The SMILES string of the molecule is COCCN1CCC[C@@]2(CCN(Cc3nncn3C(C)C)C2)C1=O. The van der Waals surface area contributed by atoms with Gasteiger partial charge in [-0.15, -0.1) is 10.2 Å². The minimum Gasteiger partial charge on any atom is -0.383 e. The summed E-state index contributed by atoms with van der Waals surface area (Å²) < 4.78 is 7.26. The third-order valence-corrected chi connectivity index (χ3v) is 5.39. The van der Waals surface area contributed by atoms with E-state index in [4.69, 9.17) is 4.74 Å². The molecule has 0 bridgehead atoms. The molecule has 0 aromatic carbocycles. The molecule has 1 atom stereocenters. The van der Waals surface area contributed by atoms with Crippen molar-refractivity contribution in [2.45, 2.75) is 45.7 Å². The van der Waals surface area contributed by atoms with E-state index in [9.17, 15) is 4.79 Å². The number of likely N-dealkylation sites (tertiary alicyclic amines) is 2. The van der Waals surface area contributed by atoms with Gasteiger partial charge in [-0.1, -0.05) is 0 Å². The molecule has 2 aliphatic heterocycles. The fourth-order valence-electron chi connectivity index (χ4n) is 4.05. The van der Waals surface area contributed by atoms with Crippen molar-refractivity contribution in [3.8, 4) is 0 Å². The Hall–Kier alpha value is -1.47. The van der Waals surface area contributed by atoms with Crippen molar-refractivity contribution in [3.05, 3.63) is 12.2 Å². The molecular formula is C17H29N5O2. The first kappa shape index (κ1) is 17.4. The highest BCUT2D eigenvalue weighted by atomic mass is 16.5. The summed E-state index contributed by atoms with van der Waals surface area (Å²) in [7, 11) is 1.69. The second kappa shape index (κ2) is 7.19. The highest BCUT2D eigenvalue weighted by Crippen LogP contribution is 2.40. The lowest BCUT2D eigenvalue weighted by Gasteiger charge is -2.39. The normalized spacial score (nSPS) is 25.3. The first-order valence-corrected chi connectivity index (χ1v) is 8.95. The molecular weight excluding hydrogens is 306 g/mol. The largest absolute Gasteiger partial charge is 0.383 e. The van der Waals surface area contributed by atoms with Crippen LogP contribution in [0.1, 0.15) is 45.0 Å². The summed E-state index contributed by atoms with van der Waals surface area (Å²) in [6, 6.07) is 0.354. The van der Waals surface area contributed by atoms with Crippen LogP contribution in [0.15, 0.2) is 6.33 Å². The van der Waals surface area contributed by atoms with Crippen LogP contribution in [-0.2, 0) is 16.1 Å². The van der Waals surface area contributed by atoms with Crippen LogP contribution in [0.2, 0.25) is 0 Å². The predicted molar refractivity (Wildman–Crippen MR) is 90.4 cm³/mol. The molecule has 0 unspecified atom stereocenters. The molecule has 1 spiro atoms. The monoisotopic (exact) mass is 335 g/mol. The highest BCUT2D eigenvalue weighted by Gasteiger charge is 2.48. The number of methoxy groups -OCH3 is 1. The molecule has 2 aliphatic rings. The molecule has 7 nitrogen and oxygen atoms in total. The minimum atomic E-state index is -0.200. The van der Waals surface area contributed by atoms with Gasteiger partial charge in [-0.05, 0) is 39.7 Å². The number of ether oxygens (including phenoxy) is 1. The van der Waals surface area contributed by atoms with Gasteiger partial charge in [-0.2, -0.15) is 0 Å².